The Hall–Kier alpha value is -0.440. The monoisotopic (exact) mass is 357 g/mol. The van der Waals surface area contributed by atoms with Crippen molar-refractivity contribution in [1.29, 1.82) is 5.26 Å². The van der Waals surface area contributed by atoms with Gasteiger partial charge in [0, 0.05) is 20.1 Å². The second-order valence-corrected chi connectivity index (χ2v) is 8.24. The fourth-order valence-corrected chi connectivity index (χ4v) is 3.89. The lowest BCUT2D eigenvalue weighted by Crippen LogP contribution is -2.38. The zero-order valence-electron chi connectivity index (χ0n) is 16.3. The van der Waals surface area contributed by atoms with E-state index in [1.807, 2.05) is 0 Å². The van der Waals surface area contributed by atoms with Crippen LogP contribution in [0.25, 0.3) is 0 Å². The van der Waals surface area contributed by atoms with Gasteiger partial charge in [-0.05, 0) is 12.8 Å². The number of rotatable bonds is 17. The number of hydrogen-bond donors (Lipinski definition) is 0. The highest BCUT2D eigenvalue weighted by Crippen LogP contribution is 2.11. The summed E-state index contributed by atoms with van der Waals surface area (Å²) in [7, 11) is 1.77. The molecule has 142 valence electrons. The van der Waals surface area contributed by atoms with E-state index in [2.05, 4.69) is 24.2 Å². The summed E-state index contributed by atoms with van der Waals surface area (Å²) in [5, 5.41) is 8.82. The van der Waals surface area contributed by atoms with Crippen LogP contribution in [0.2, 0.25) is 0 Å². The van der Waals surface area contributed by atoms with E-state index in [4.69, 9.17) is 5.26 Å². The molecule has 0 bridgehead atoms. The van der Waals surface area contributed by atoms with Crippen LogP contribution < -0.4 is 0 Å². The molecule has 0 radical (unpaired) electrons. The third kappa shape index (κ3) is 12.9. The first-order valence-electron chi connectivity index (χ1n) is 9.92. The van der Waals surface area contributed by atoms with Crippen molar-refractivity contribution in [3.8, 4) is 6.07 Å². The number of nitriles is 1. The van der Waals surface area contributed by atoms with Crippen LogP contribution in [0.5, 0.6) is 0 Å². The Bertz CT molecular complexity index is 328. The average molecular weight is 358 g/mol. The maximum absolute atomic E-state index is 12.6. The van der Waals surface area contributed by atoms with Crippen LogP contribution in [0.15, 0.2) is 0 Å². The summed E-state index contributed by atoms with van der Waals surface area (Å²) in [4.78, 5) is 0. The summed E-state index contributed by atoms with van der Waals surface area (Å²) in [6.07, 6.45) is 15.0. The summed E-state index contributed by atoms with van der Waals surface area (Å²) < 4.78 is 16.3. The van der Waals surface area contributed by atoms with Gasteiger partial charge in [0.05, 0.1) is 12.6 Å². The lowest BCUT2D eigenvalue weighted by atomic mass is 10.1. The summed E-state index contributed by atoms with van der Waals surface area (Å²) >= 11 is -1.18. The standard InChI is InChI=1S/C19H39N3OS/c1-4-6-8-10-12-14-17-22(24(23)21(3)19-16-20)18-15-13-11-9-7-5-2/h4-15,17-19H2,1-3H3. The van der Waals surface area contributed by atoms with Gasteiger partial charge < -0.3 is 0 Å². The summed E-state index contributed by atoms with van der Waals surface area (Å²) in [5.74, 6) is 0. The van der Waals surface area contributed by atoms with Gasteiger partial charge in [0.2, 0.25) is 0 Å². The molecule has 4 nitrogen and oxygen atoms in total. The van der Waals surface area contributed by atoms with Gasteiger partial charge in [-0.1, -0.05) is 78.1 Å². The minimum atomic E-state index is -1.18. The first-order chi connectivity index (χ1) is 11.7. The topological polar surface area (TPSA) is 47.3 Å². The van der Waals surface area contributed by atoms with Crippen LogP contribution in [0.3, 0.4) is 0 Å². The van der Waals surface area contributed by atoms with Crippen molar-refractivity contribution < 1.29 is 4.21 Å². The van der Waals surface area contributed by atoms with Crippen LogP contribution >= 0.6 is 0 Å². The first kappa shape index (κ1) is 23.6. The molecule has 5 heteroatoms. The second kappa shape index (κ2) is 17.4. The van der Waals surface area contributed by atoms with Crippen LogP contribution in [-0.2, 0) is 11.2 Å². The van der Waals surface area contributed by atoms with E-state index >= 15 is 0 Å². The Morgan fingerprint density at radius 1 is 0.792 bits per heavy atom. The fraction of sp³-hybridized carbons (Fsp3) is 0.947. The van der Waals surface area contributed by atoms with E-state index in [-0.39, 0.29) is 6.54 Å². The maximum atomic E-state index is 12.6. The highest BCUT2D eigenvalue weighted by molar-refractivity contribution is 7.80. The molecule has 0 N–H and O–H groups in total. The largest absolute Gasteiger partial charge is 0.225 e. The Labute approximate surface area is 153 Å². The van der Waals surface area contributed by atoms with Crippen molar-refractivity contribution in [2.24, 2.45) is 0 Å². The molecule has 1 atom stereocenters. The van der Waals surface area contributed by atoms with E-state index in [0.29, 0.717) is 0 Å². The highest BCUT2D eigenvalue weighted by Gasteiger charge is 2.17. The van der Waals surface area contributed by atoms with E-state index in [0.717, 1.165) is 25.9 Å². The van der Waals surface area contributed by atoms with Gasteiger partial charge >= 0.3 is 0 Å². The van der Waals surface area contributed by atoms with Gasteiger partial charge in [-0.25, -0.2) is 12.8 Å². The Morgan fingerprint density at radius 3 is 1.62 bits per heavy atom. The van der Waals surface area contributed by atoms with Crippen molar-refractivity contribution >= 4 is 11.2 Å². The minimum absolute atomic E-state index is 0.218. The van der Waals surface area contributed by atoms with Gasteiger partial charge in [0.25, 0.3) is 0 Å². The average Bonchev–Trinajstić information content (AvgIpc) is 2.58. The zero-order chi connectivity index (χ0) is 18.0. The summed E-state index contributed by atoms with van der Waals surface area (Å²) in [6, 6.07) is 2.09. The van der Waals surface area contributed by atoms with Gasteiger partial charge in [-0.3, -0.25) is 0 Å². The number of hydrogen-bond acceptors (Lipinski definition) is 2. The Kier molecular flexibility index (Phi) is 17.1. The molecule has 1 unspecified atom stereocenters. The Balaban J connectivity index is 4.14. The minimum Gasteiger partial charge on any atom is -0.225 e. The van der Waals surface area contributed by atoms with E-state index in [9.17, 15) is 4.21 Å². The quantitative estimate of drug-likeness (QED) is 0.270. The molecule has 0 aromatic rings. The molecule has 0 spiro atoms. The Morgan fingerprint density at radius 2 is 1.21 bits per heavy atom. The van der Waals surface area contributed by atoms with Gasteiger partial charge in [0.1, 0.15) is 0 Å². The molecular formula is C19H39N3OS. The molecule has 0 rings (SSSR count). The summed E-state index contributed by atoms with van der Waals surface area (Å²) in [5.41, 5.74) is 0. The second-order valence-electron chi connectivity index (χ2n) is 6.64. The molecule has 0 fully saturated rings. The van der Waals surface area contributed by atoms with Crippen molar-refractivity contribution in [2.45, 2.75) is 90.9 Å². The highest BCUT2D eigenvalue weighted by atomic mass is 32.2. The van der Waals surface area contributed by atoms with Gasteiger partial charge in [-0.2, -0.15) is 5.26 Å². The molecule has 0 aliphatic rings. The molecular weight excluding hydrogens is 318 g/mol. The first-order valence-corrected chi connectivity index (χ1v) is 11.0. The van der Waals surface area contributed by atoms with Gasteiger partial charge in [0.15, 0.2) is 11.2 Å². The smallest absolute Gasteiger partial charge is 0.173 e. The molecule has 0 aliphatic carbocycles. The SMILES string of the molecule is CCCCCCCCN(CCCCCCCC)S(=O)N(C)CC#N. The third-order valence-electron chi connectivity index (χ3n) is 4.30. The van der Waals surface area contributed by atoms with Crippen LogP contribution in [0, 0.1) is 11.3 Å². The van der Waals surface area contributed by atoms with E-state index < -0.39 is 11.2 Å². The predicted octanol–water partition coefficient (Wildman–Crippen LogP) is 5.04. The predicted molar refractivity (Wildman–Crippen MR) is 105 cm³/mol. The molecule has 0 aromatic heterocycles. The normalized spacial score (nSPS) is 12.7. The van der Waals surface area contributed by atoms with Gasteiger partial charge in [-0.15, -0.1) is 0 Å². The van der Waals surface area contributed by atoms with Crippen molar-refractivity contribution in [3.05, 3.63) is 0 Å². The molecule has 0 heterocycles. The number of unbranched alkanes of at least 4 members (excludes halogenated alkanes) is 10. The lowest BCUT2D eigenvalue weighted by molar-refractivity contribution is 0.383. The molecule has 0 saturated heterocycles. The number of nitrogens with zero attached hydrogens (tertiary/aromatic N) is 3. The van der Waals surface area contributed by atoms with Crippen molar-refractivity contribution in [2.75, 3.05) is 26.7 Å². The zero-order valence-corrected chi connectivity index (χ0v) is 17.1. The summed E-state index contributed by atoms with van der Waals surface area (Å²) in [6.45, 7) is 6.44. The molecule has 0 saturated carbocycles. The lowest BCUT2D eigenvalue weighted by Gasteiger charge is -2.25. The molecule has 24 heavy (non-hydrogen) atoms. The fourth-order valence-electron chi connectivity index (χ4n) is 2.76. The van der Waals surface area contributed by atoms with Crippen molar-refractivity contribution in [1.82, 2.24) is 8.61 Å². The van der Waals surface area contributed by atoms with Crippen molar-refractivity contribution in [3.63, 3.8) is 0 Å². The third-order valence-corrected chi connectivity index (χ3v) is 5.77. The van der Waals surface area contributed by atoms with E-state index in [1.165, 1.54) is 64.2 Å². The maximum Gasteiger partial charge on any atom is 0.173 e. The molecule has 0 aromatic carbocycles. The van der Waals surface area contributed by atoms with E-state index in [1.54, 1.807) is 11.4 Å². The molecule has 0 aliphatic heterocycles. The van der Waals surface area contributed by atoms with Crippen LogP contribution in [0.1, 0.15) is 90.9 Å². The molecule has 0 amide bonds. The van der Waals surface area contributed by atoms with Crippen LogP contribution in [-0.4, -0.2) is 39.5 Å². The van der Waals surface area contributed by atoms with Crippen LogP contribution in [0.4, 0.5) is 0 Å².